The van der Waals surface area contributed by atoms with Crippen LogP contribution in [0.15, 0.2) is 0 Å². The van der Waals surface area contributed by atoms with E-state index in [0.717, 1.165) is 0 Å². The third-order valence-corrected chi connectivity index (χ3v) is 2.41. The second-order valence-electron chi connectivity index (χ2n) is 3.80. The maximum Gasteiger partial charge on any atom is 0.0893 e. The Hall–Kier alpha value is -0.280. The van der Waals surface area contributed by atoms with E-state index in [1.54, 1.807) is 6.92 Å². The molecule has 7 heteroatoms. The monoisotopic (exact) mass is 222 g/mol. The van der Waals surface area contributed by atoms with Crippen molar-refractivity contribution in [2.24, 2.45) is 22.9 Å². The summed E-state index contributed by atoms with van der Waals surface area (Å²) in [5, 5.41) is 28.4. The average molecular weight is 222 g/mol. The normalized spacial score (nSPS) is 24.0. The number of nitrogens with two attached hydrogens (primary N) is 4. The van der Waals surface area contributed by atoms with Crippen molar-refractivity contribution in [3.8, 4) is 0 Å². The molecule has 6 unspecified atom stereocenters. The van der Waals surface area contributed by atoms with Gasteiger partial charge in [0.05, 0.1) is 30.4 Å². The van der Waals surface area contributed by atoms with Gasteiger partial charge in [0.15, 0.2) is 0 Å². The molecular weight excluding hydrogens is 200 g/mol. The molecule has 0 radical (unpaired) electrons. The van der Waals surface area contributed by atoms with E-state index >= 15 is 0 Å². The molecule has 92 valence electrons. The summed E-state index contributed by atoms with van der Waals surface area (Å²) in [6.07, 6.45) is -3.41. The largest absolute Gasteiger partial charge is 0.390 e. The second kappa shape index (κ2) is 6.33. The Bertz CT molecular complexity index is 181. The fourth-order valence-electron chi connectivity index (χ4n) is 1.19. The third-order valence-electron chi connectivity index (χ3n) is 2.41. The summed E-state index contributed by atoms with van der Waals surface area (Å²) in [5.41, 5.74) is 21.6. The Balaban J connectivity index is 4.36. The summed E-state index contributed by atoms with van der Waals surface area (Å²) in [7, 11) is 0. The minimum Gasteiger partial charge on any atom is -0.390 e. The molecule has 11 N–H and O–H groups in total. The van der Waals surface area contributed by atoms with Crippen LogP contribution in [0.1, 0.15) is 6.92 Å². The Kier molecular flexibility index (Phi) is 6.22. The minimum atomic E-state index is -1.26. The highest BCUT2D eigenvalue weighted by Gasteiger charge is 2.32. The van der Waals surface area contributed by atoms with Gasteiger partial charge in [-0.05, 0) is 6.92 Å². The summed E-state index contributed by atoms with van der Waals surface area (Å²) in [4.78, 5) is 0. The first-order valence-electron chi connectivity index (χ1n) is 4.84. The van der Waals surface area contributed by atoms with E-state index in [9.17, 15) is 15.3 Å². The van der Waals surface area contributed by atoms with Crippen molar-refractivity contribution in [3.63, 3.8) is 0 Å². The lowest BCUT2D eigenvalue weighted by atomic mass is 9.93. The molecule has 0 aromatic heterocycles. The first-order valence-corrected chi connectivity index (χ1v) is 4.84. The average Bonchev–Trinajstić information content (AvgIpc) is 2.23. The summed E-state index contributed by atoms with van der Waals surface area (Å²) < 4.78 is 0. The van der Waals surface area contributed by atoms with E-state index in [1.165, 1.54) is 0 Å². The molecule has 6 atom stereocenters. The predicted octanol–water partition coefficient (Wildman–Crippen LogP) is -3.97. The van der Waals surface area contributed by atoms with Crippen LogP contribution < -0.4 is 22.9 Å². The maximum atomic E-state index is 9.63. The van der Waals surface area contributed by atoms with Crippen molar-refractivity contribution in [2.45, 2.75) is 43.4 Å². The Morgan fingerprint density at radius 2 is 1.40 bits per heavy atom. The molecule has 0 aromatic carbocycles. The smallest absolute Gasteiger partial charge is 0.0893 e. The molecule has 0 rings (SSSR count). The van der Waals surface area contributed by atoms with Crippen LogP contribution >= 0.6 is 0 Å². The molecule has 0 fully saturated rings. The fourth-order valence-corrected chi connectivity index (χ4v) is 1.19. The zero-order chi connectivity index (χ0) is 12.2. The Morgan fingerprint density at radius 3 is 1.73 bits per heavy atom. The number of aliphatic hydroxyl groups excluding tert-OH is 3. The molecule has 0 saturated carbocycles. The summed E-state index contributed by atoms with van der Waals surface area (Å²) in [5.74, 6) is 0. The molecule has 0 aliphatic carbocycles. The SMILES string of the molecule is CC(N)C(O)C(N)C(O)C(N)C(O)CN. The molecule has 7 nitrogen and oxygen atoms in total. The molecule has 0 aliphatic heterocycles. The van der Waals surface area contributed by atoms with Crippen LogP contribution in [0, 0.1) is 0 Å². The van der Waals surface area contributed by atoms with Gasteiger partial charge in [-0.1, -0.05) is 0 Å². The zero-order valence-corrected chi connectivity index (χ0v) is 8.82. The van der Waals surface area contributed by atoms with Crippen molar-refractivity contribution in [1.29, 1.82) is 0 Å². The van der Waals surface area contributed by atoms with Crippen LogP contribution in [0.3, 0.4) is 0 Å². The lowest BCUT2D eigenvalue weighted by Crippen LogP contribution is -2.60. The van der Waals surface area contributed by atoms with E-state index in [-0.39, 0.29) is 6.54 Å². The van der Waals surface area contributed by atoms with E-state index in [2.05, 4.69) is 0 Å². The van der Waals surface area contributed by atoms with E-state index in [1.807, 2.05) is 0 Å². The fraction of sp³-hybridized carbons (Fsp3) is 1.00. The van der Waals surface area contributed by atoms with E-state index < -0.39 is 36.4 Å². The standard InChI is InChI=1S/C8H22N4O3/c1-3(10)7(14)6(12)8(15)5(11)4(13)2-9/h3-8,13-15H,2,9-12H2,1H3. The number of hydrogen-bond donors (Lipinski definition) is 7. The predicted molar refractivity (Wildman–Crippen MR) is 56.7 cm³/mol. The van der Waals surface area contributed by atoms with Crippen molar-refractivity contribution in [3.05, 3.63) is 0 Å². The Morgan fingerprint density at radius 1 is 0.933 bits per heavy atom. The summed E-state index contributed by atoms with van der Waals surface area (Å²) in [6.45, 7) is 1.47. The molecule has 0 aliphatic rings. The molecule has 0 aromatic rings. The second-order valence-corrected chi connectivity index (χ2v) is 3.80. The zero-order valence-electron chi connectivity index (χ0n) is 8.82. The van der Waals surface area contributed by atoms with Gasteiger partial charge < -0.3 is 38.3 Å². The first kappa shape index (κ1) is 14.7. The highest BCUT2D eigenvalue weighted by Crippen LogP contribution is 2.06. The van der Waals surface area contributed by atoms with Gasteiger partial charge in [-0.25, -0.2) is 0 Å². The Labute approximate surface area is 89.0 Å². The molecule has 0 saturated heterocycles. The van der Waals surface area contributed by atoms with Gasteiger partial charge in [0.2, 0.25) is 0 Å². The number of hydrogen-bond acceptors (Lipinski definition) is 7. The van der Waals surface area contributed by atoms with Crippen LogP contribution in [-0.4, -0.2) is 58.3 Å². The molecule has 0 bridgehead atoms. The van der Waals surface area contributed by atoms with E-state index in [4.69, 9.17) is 22.9 Å². The summed E-state index contributed by atoms with van der Waals surface area (Å²) in [6, 6.07) is -2.60. The first-order chi connectivity index (χ1) is 6.82. The molecule has 0 amide bonds. The topological polar surface area (TPSA) is 165 Å². The third kappa shape index (κ3) is 3.99. The molecule has 0 spiro atoms. The lowest BCUT2D eigenvalue weighted by Gasteiger charge is -2.31. The van der Waals surface area contributed by atoms with Crippen LogP contribution in [0.5, 0.6) is 0 Å². The minimum absolute atomic E-state index is 0.0841. The van der Waals surface area contributed by atoms with Crippen molar-refractivity contribution in [1.82, 2.24) is 0 Å². The number of rotatable bonds is 6. The molecule has 0 heterocycles. The summed E-state index contributed by atoms with van der Waals surface area (Å²) >= 11 is 0. The van der Waals surface area contributed by atoms with Crippen LogP contribution in [0.4, 0.5) is 0 Å². The maximum absolute atomic E-state index is 9.63. The van der Waals surface area contributed by atoms with Gasteiger partial charge in [0.1, 0.15) is 0 Å². The van der Waals surface area contributed by atoms with Gasteiger partial charge in [0, 0.05) is 12.6 Å². The van der Waals surface area contributed by atoms with Gasteiger partial charge in [0.25, 0.3) is 0 Å². The molecular formula is C8H22N4O3. The van der Waals surface area contributed by atoms with Crippen molar-refractivity contribution < 1.29 is 15.3 Å². The lowest BCUT2D eigenvalue weighted by molar-refractivity contribution is 0.00154. The van der Waals surface area contributed by atoms with Crippen molar-refractivity contribution in [2.75, 3.05) is 6.54 Å². The van der Waals surface area contributed by atoms with Gasteiger partial charge >= 0.3 is 0 Å². The number of aliphatic hydroxyl groups is 3. The highest BCUT2D eigenvalue weighted by atomic mass is 16.3. The quantitative estimate of drug-likeness (QED) is 0.241. The molecule has 15 heavy (non-hydrogen) atoms. The van der Waals surface area contributed by atoms with Crippen LogP contribution in [0.25, 0.3) is 0 Å². The van der Waals surface area contributed by atoms with Gasteiger partial charge in [-0.2, -0.15) is 0 Å². The van der Waals surface area contributed by atoms with Crippen LogP contribution in [0.2, 0.25) is 0 Å². The van der Waals surface area contributed by atoms with Crippen molar-refractivity contribution >= 4 is 0 Å². The van der Waals surface area contributed by atoms with Gasteiger partial charge in [-0.15, -0.1) is 0 Å². The van der Waals surface area contributed by atoms with Crippen LogP contribution in [-0.2, 0) is 0 Å². The highest BCUT2D eigenvalue weighted by molar-refractivity contribution is 4.92. The van der Waals surface area contributed by atoms with E-state index in [0.29, 0.717) is 0 Å². The van der Waals surface area contributed by atoms with Gasteiger partial charge in [-0.3, -0.25) is 0 Å².